The maximum Gasteiger partial charge on any atom is 0.338 e. The van der Waals surface area contributed by atoms with Crippen molar-refractivity contribution in [2.24, 2.45) is 5.11 Å². The maximum atomic E-state index is 11.8. The monoisotopic (exact) mass is 323 g/mol. The molecule has 0 bridgehead atoms. The molecule has 124 valence electrons. The van der Waals surface area contributed by atoms with Crippen molar-refractivity contribution in [3.8, 4) is 0 Å². The van der Waals surface area contributed by atoms with Crippen molar-refractivity contribution in [2.75, 3.05) is 19.8 Å². The van der Waals surface area contributed by atoms with E-state index >= 15 is 0 Å². The quantitative estimate of drug-likeness (QED) is 0.248. The molecule has 2 rings (SSSR count). The van der Waals surface area contributed by atoms with E-state index < -0.39 is 30.6 Å². The highest BCUT2D eigenvalue weighted by Gasteiger charge is 2.43. The van der Waals surface area contributed by atoms with Crippen molar-refractivity contribution >= 4 is 5.97 Å². The lowest BCUT2D eigenvalue weighted by atomic mass is 10.1. The summed E-state index contributed by atoms with van der Waals surface area (Å²) in [6.07, 6.45) is -4.49. The molecule has 1 aromatic rings. The third-order valence-corrected chi connectivity index (χ3v) is 3.24. The first-order valence-electron chi connectivity index (χ1n) is 6.99. The Balaban J connectivity index is 1.81. The van der Waals surface area contributed by atoms with Crippen LogP contribution in [0.25, 0.3) is 10.4 Å². The number of esters is 1. The van der Waals surface area contributed by atoms with Gasteiger partial charge in [0.1, 0.15) is 24.9 Å². The summed E-state index contributed by atoms with van der Waals surface area (Å²) in [6.45, 7) is -0.107. The molecular formula is C14H17N3O6. The molecule has 1 aromatic carbocycles. The smallest absolute Gasteiger partial charge is 0.338 e. The molecule has 2 N–H and O–H groups in total. The van der Waals surface area contributed by atoms with Crippen molar-refractivity contribution < 1.29 is 29.2 Å². The summed E-state index contributed by atoms with van der Waals surface area (Å²) >= 11 is 0. The third kappa shape index (κ3) is 4.65. The zero-order valence-electron chi connectivity index (χ0n) is 12.2. The molecule has 1 aliphatic heterocycles. The summed E-state index contributed by atoms with van der Waals surface area (Å²) in [5.74, 6) is -0.552. The summed E-state index contributed by atoms with van der Waals surface area (Å²) in [6, 6.07) is 8.38. The molecule has 9 nitrogen and oxygen atoms in total. The fraction of sp³-hybridized carbons (Fsp3) is 0.500. The Hall–Kier alpha value is -2.16. The second-order valence-corrected chi connectivity index (χ2v) is 4.81. The van der Waals surface area contributed by atoms with Crippen molar-refractivity contribution in [3.63, 3.8) is 0 Å². The van der Waals surface area contributed by atoms with E-state index in [0.717, 1.165) is 0 Å². The van der Waals surface area contributed by atoms with Crippen LogP contribution in [0.5, 0.6) is 0 Å². The van der Waals surface area contributed by atoms with Crippen molar-refractivity contribution in [1.82, 2.24) is 0 Å². The summed E-state index contributed by atoms with van der Waals surface area (Å²) in [5, 5.41) is 23.0. The van der Waals surface area contributed by atoms with E-state index in [1.807, 2.05) is 0 Å². The zero-order chi connectivity index (χ0) is 16.7. The molecule has 1 fully saturated rings. The second kappa shape index (κ2) is 8.47. The number of aliphatic hydroxyl groups is 2. The highest BCUT2D eigenvalue weighted by molar-refractivity contribution is 5.89. The standard InChI is InChI=1S/C14H17N3O6/c15-17-16-6-7-21-14-12(19)11(18)10(23-14)8-22-13(20)9-4-2-1-3-5-9/h1-5,10-12,14,18-19H,6-8H2/t10-,11-,12+,14+/m1/s1. The zero-order valence-corrected chi connectivity index (χ0v) is 12.2. The highest BCUT2D eigenvalue weighted by Crippen LogP contribution is 2.22. The van der Waals surface area contributed by atoms with Gasteiger partial charge in [-0.05, 0) is 17.7 Å². The Morgan fingerprint density at radius 3 is 2.74 bits per heavy atom. The van der Waals surface area contributed by atoms with Gasteiger partial charge in [0.25, 0.3) is 0 Å². The predicted octanol–water partition coefficient (Wildman–Crippen LogP) is 0.617. The van der Waals surface area contributed by atoms with Gasteiger partial charge in [0, 0.05) is 11.5 Å². The van der Waals surface area contributed by atoms with E-state index in [4.69, 9.17) is 19.7 Å². The van der Waals surface area contributed by atoms with Crippen molar-refractivity contribution in [2.45, 2.75) is 24.6 Å². The number of ether oxygens (including phenoxy) is 3. The van der Waals surface area contributed by atoms with E-state index in [1.165, 1.54) is 0 Å². The first-order chi connectivity index (χ1) is 11.1. The SMILES string of the molecule is [N-]=[N+]=NCCO[C@H]1O[C@H](COC(=O)c2ccccc2)[C@@H](O)[C@@H]1O. The van der Waals surface area contributed by atoms with Gasteiger partial charge in [0.2, 0.25) is 0 Å². The Bertz CT molecular complexity index is 563. The number of nitrogens with zero attached hydrogens (tertiary/aromatic N) is 3. The molecule has 1 heterocycles. The molecule has 0 spiro atoms. The summed E-state index contributed by atoms with van der Waals surface area (Å²) in [7, 11) is 0. The number of aliphatic hydroxyl groups excluding tert-OH is 2. The van der Waals surface area contributed by atoms with Crippen LogP contribution in [-0.2, 0) is 14.2 Å². The minimum absolute atomic E-state index is 0.0367. The van der Waals surface area contributed by atoms with Crippen LogP contribution in [0.3, 0.4) is 0 Å². The van der Waals surface area contributed by atoms with Gasteiger partial charge in [-0.25, -0.2) is 4.79 Å². The van der Waals surface area contributed by atoms with Crippen LogP contribution in [0.2, 0.25) is 0 Å². The van der Waals surface area contributed by atoms with Gasteiger partial charge in [-0.3, -0.25) is 0 Å². The van der Waals surface area contributed by atoms with Crippen LogP contribution >= 0.6 is 0 Å². The van der Waals surface area contributed by atoms with Crippen LogP contribution in [0, 0.1) is 0 Å². The first kappa shape index (κ1) is 17.2. The third-order valence-electron chi connectivity index (χ3n) is 3.24. The Morgan fingerprint density at radius 1 is 1.30 bits per heavy atom. The minimum Gasteiger partial charge on any atom is -0.459 e. The maximum absolute atomic E-state index is 11.8. The lowest BCUT2D eigenvalue weighted by molar-refractivity contribution is -0.167. The van der Waals surface area contributed by atoms with Crippen LogP contribution < -0.4 is 0 Å². The first-order valence-corrected chi connectivity index (χ1v) is 6.99. The van der Waals surface area contributed by atoms with E-state index in [2.05, 4.69) is 10.0 Å². The van der Waals surface area contributed by atoms with E-state index in [1.54, 1.807) is 30.3 Å². The molecule has 1 aliphatic rings. The Morgan fingerprint density at radius 2 is 2.04 bits per heavy atom. The summed E-state index contributed by atoms with van der Waals surface area (Å²) in [5.41, 5.74) is 8.52. The van der Waals surface area contributed by atoms with Gasteiger partial charge in [-0.2, -0.15) is 0 Å². The lowest BCUT2D eigenvalue weighted by Gasteiger charge is -2.14. The van der Waals surface area contributed by atoms with Gasteiger partial charge < -0.3 is 24.4 Å². The van der Waals surface area contributed by atoms with Gasteiger partial charge in [-0.1, -0.05) is 23.3 Å². The van der Waals surface area contributed by atoms with Gasteiger partial charge >= 0.3 is 5.97 Å². The fourth-order valence-electron chi connectivity index (χ4n) is 2.06. The number of hydrogen-bond acceptors (Lipinski definition) is 7. The highest BCUT2D eigenvalue weighted by atomic mass is 16.7. The molecule has 0 aliphatic carbocycles. The normalized spacial score (nSPS) is 26.5. The fourth-order valence-corrected chi connectivity index (χ4v) is 2.06. The molecule has 9 heteroatoms. The van der Waals surface area contributed by atoms with Crippen LogP contribution in [-0.4, -0.2) is 60.5 Å². The molecular weight excluding hydrogens is 306 g/mol. The van der Waals surface area contributed by atoms with Gasteiger partial charge in [-0.15, -0.1) is 0 Å². The largest absolute Gasteiger partial charge is 0.459 e. The summed E-state index contributed by atoms with van der Waals surface area (Å²) in [4.78, 5) is 14.4. The Kier molecular flexibility index (Phi) is 6.33. The van der Waals surface area contributed by atoms with Crippen LogP contribution in [0.1, 0.15) is 10.4 Å². The van der Waals surface area contributed by atoms with Crippen LogP contribution in [0.4, 0.5) is 0 Å². The molecule has 23 heavy (non-hydrogen) atoms. The number of carbonyl (C=O) groups is 1. The number of carbonyl (C=O) groups excluding carboxylic acids is 1. The van der Waals surface area contributed by atoms with E-state index in [-0.39, 0.29) is 19.8 Å². The average Bonchev–Trinajstić information content (AvgIpc) is 2.85. The van der Waals surface area contributed by atoms with E-state index in [9.17, 15) is 15.0 Å². The molecule has 0 aromatic heterocycles. The summed E-state index contributed by atoms with van der Waals surface area (Å²) < 4.78 is 15.6. The number of benzene rings is 1. The second-order valence-electron chi connectivity index (χ2n) is 4.81. The van der Waals surface area contributed by atoms with Crippen LogP contribution in [0.15, 0.2) is 35.4 Å². The molecule has 0 unspecified atom stereocenters. The molecule has 0 radical (unpaired) electrons. The topological polar surface area (TPSA) is 134 Å². The number of azide groups is 1. The van der Waals surface area contributed by atoms with E-state index in [0.29, 0.717) is 5.56 Å². The van der Waals surface area contributed by atoms with Gasteiger partial charge in [0.15, 0.2) is 6.29 Å². The number of rotatable bonds is 7. The predicted molar refractivity (Wildman–Crippen MR) is 77.4 cm³/mol. The molecule has 1 saturated heterocycles. The van der Waals surface area contributed by atoms with Crippen molar-refractivity contribution in [1.29, 1.82) is 0 Å². The number of hydrogen-bond donors (Lipinski definition) is 2. The average molecular weight is 323 g/mol. The lowest BCUT2D eigenvalue weighted by Crippen LogP contribution is -2.35. The molecule has 0 amide bonds. The van der Waals surface area contributed by atoms with Crippen molar-refractivity contribution in [3.05, 3.63) is 46.3 Å². The minimum atomic E-state index is -1.28. The molecule has 4 atom stereocenters. The Labute approximate surface area is 132 Å². The molecule has 0 saturated carbocycles. The van der Waals surface area contributed by atoms with Gasteiger partial charge in [0.05, 0.1) is 12.2 Å².